The molecule has 3 aromatic carbocycles. The van der Waals surface area contributed by atoms with Crippen LogP contribution in [0.3, 0.4) is 0 Å². The van der Waals surface area contributed by atoms with Gasteiger partial charge in [-0.25, -0.2) is 9.97 Å². The molecule has 58 heavy (non-hydrogen) atoms. The number of rotatable bonds is 10. The van der Waals surface area contributed by atoms with Crippen LogP contribution in [0.2, 0.25) is 0 Å². The van der Waals surface area contributed by atoms with Crippen molar-refractivity contribution in [2.75, 3.05) is 21.3 Å². The number of nitrogens with zero attached hydrogens (tertiary/aromatic N) is 6. The Balaban J connectivity index is 0.000000177. The highest BCUT2D eigenvalue weighted by Gasteiger charge is 2.13. The minimum atomic E-state index is -0.259. The van der Waals surface area contributed by atoms with E-state index in [0.717, 1.165) is 33.6 Å². The number of amides is 2. The van der Waals surface area contributed by atoms with Crippen molar-refractivity contribution in [2.24, 2.45) is 0 Å². The van der Waals surface area contributed by atoms with Gasteiger partial charge in [0.05, 0.1) is 24.0 Å². The van der Waals surface area contributed by atoms with Gasteiger partial charge in [-0.2, -0.15) is 5.26 Å². The van der Waals surface area contributed by atoms with Gasteiger partial charge in [0.2, 0.25) is 0 Å². The summed E-state index contributed by atoms with van der Waals surface area (Å²) >= 11 is 0. The van der Waals surface area contributed by atoms with E-state index in [0.29, 0.717) is 51.6 Å². The predicted octanol–water partition coefficient (Wildman–Crippen LogP) is 9.35. The number of nitrogens with one attached hydrogen (secondary N) is 4. The smallest absolute Gasteiger partial charge is 0.299 e. The molecule has 0 aliphatic heterocycles. The summed E-state index contributed by atoms with van der Waals surface area (Å²) in [6.07, 6.45) is 13.2. The van der Waals surface area contributed by atoms with E-state index >= 15 is 0 Å². The summed E-state index contributed by atoms with van der Waals surface area (Å²) < 4.78 is 11.5. The lowest BCUT2D eigenvalue weighted by Gasteiger charge is -2.10. The molecule has 0 bridgehead atoms. The molecular weight excluding hydrogens is 733 g/mol. The Morgan fingerprint density at radius 1 is 0.569 bits per heavy atom. The number of aryl methyl sites for hydroxylation is 2. The van der Waals surface area contributed by atoms with Gasteiger partial charge in [0.15, 0.2) is 11.5 Å². The normalized spacial score (nSPS) is 10.4. The standard InChI is InChI=1S/C23H17N5O2.C21H17N5O2/c1-15-2-7-19(27-22(29)18-5-3-16(13-24)4-6-18)12-20(15)28-23-26-14-21(30-23)17-8-10-25-11-9-17;1-14-4-5-17(25-20(27)15-6-9-22-10-7-15)11-18(14)26-21-24-13-19(28-21)16-3-2-8-23-12-16/h2-12,14H,1H3,(H,26,28)(H,27,29);2-13H,1H3,(H,24,26)(H,25,27). The van der Waals surface area contributed by atoms with Gasteiger partial charge in [0.25, 0.3) is 23.8 Å². The summed E-state index contributed by atoms with van der Waals surface area (Å²) in [6, 6.07) is 31.1. The summed E-state index contributed by atoms with van der Waals surface area (Å²) in [4.78, 5) is 45.3. The molecule has 2 amide bonds. The highest BCUT2D eigenvalue weighted by molar-refractivity contribution is 6.05. The van der Waals surface area contributed by atoms with Gasteiger partial charge in [-0.15, -0.1) is 0 Å². The van der Waals surface area contributed by atoms with Crippen molar-refractivity contribution < 1.29 is 18.4 Å². The molecule has 5 heterocycles. The third-order valence-corrected chi connectivity index (χ3v) is 8.62. The van der Waals surface area contributed by atoms with Gasteiger partial charge in [0, 0.05) is 82.2 Å². The molecule has 284 valence electrons. The zero-order valence-electron chi connectivity index (χ0n) is 31.2. The van der Waals surface area contributed by atoms with E-state index in [9.17, 15) is 9.59 Å². The maximum atomic E-state index is 12.5. The Morgan fingerprint density at radius 3 is 1.60 bits per heavy atom. The van der Waals surface area contributed by atoms with Crippen LogP contribution in [0.4, 0.5) is 34.8 Å². The molecule has 0 saturated carbocycles. The molecule has 8 rings (SSSR count). The van der Waals surface area contributed by atoms with Crippen LogP contribution < -0.4 is 21.3 Å². The van der Waals surface area contributed by atoms with Gasteiger partial charge in [0.1, 0.15) is 0 Å². The fourth-order valence-electron chi connectivity index (χ4n) is 5.46. The van der Waals surface area contributed by atoms with E-state index in [2.05, 4.69) is 46.2 Å². The minimum Gasteiger partial charge on any atom is -0.423 e. The lowest BCUT2D eigenvalue weighted by molar-refractivity contribution is 0.101. The zero-order chi connectivity index (χ0) is 40.3. The van der Waals surface area contributed by atoms with Crippen LogP contribution in [0.1, 0.15) is 37.4 Å². The predicted molar refractivity (Wildman–Crippen MR) is 220 cm³/mol. The highest BCUT2D eigenvalue weighted by Crippen LogP contribution is 2.29. The molecule has 14 heteroatoms. The van der Waals surface area contributed by atoms with Crippen molar-refractivity contribution in [3.05, 3.63) is 174 Å². The lowest BCUT2D eigenvalue weighted by Crippen LogP contribution is -2.12. The van der Waals surface area contributed by atoms with E-state index in [1.54, 1.807) is 86.0 Å². The molecule has 5 aromatic heterocycles. The largest absolute Gasteiger partial charge is 0.423 e. The SMILES string of the molecule is Cc1ccc(NC(=O)c2ccc(C#N)cc2)cc1Nc1ncc(-c2ccncc2)o1.Cc1ccc(NC(=O)c2ccncc2)cc1Nc1ncc(-c2cccnc2)o1. The molecule has 4 N–H and O–H groups in total. The number of oxazole rings is 2. The highest BCUT2D eigenvalue weighted by atomic mass is 16.4. The molecule has 14 nitrogen and oxygen atoms in total. The average Bonchev–Trinajstić information content (AvgIpc) is 3.95. The summed E-state index contributed by atoms with van der Waals surface area (Å²) in [5.41, 5.74) is 8.03. The molecule has 8 aromatic rings. The fourth-order valence-corrected chi connectivity index (χ4v) is 5.46. The molecule has 0 fully saturated rings. The van der Waals surface area contributed by atoms with Crippen molar-refractivity contribution in [2.45, 2.75) is 13.8 Å². The second kappa shape index (κ2) is 17.8. The van der Waals surface area contributed by atoms with Gasteiger partial charge in [-0.3, -0.25) is 24.5 Å². The van der Waals surface area contributed by atoms with Crippen molar-refractivity contribution in [1.29, 1.82) is 5.26 Å². The first-order chi connectivity index (χ1) is 28.3. The molecule has 0 atom stereocenters. The Morgan fingerprint density at radius 2 is 1.09 bits per heavy atom. The van der Waals surface area contributed by atoms with Crippen molar-refractivity contribution >= 4 is 46.6 Å². The molecule has 0 aliphatic carbocycles. The number of benzene rings is 3. The Labute approximate surface area is 332 Å². The molecule has 0 unspecified atom stereocenters. The number of carbonyl (C=O) groups excluding carboxylic acids is 2. The van der Waals surface area contributed by atoms with Crippen LogP contribution in [0, 0.1) is 25.2 Å². The summed E-state index contributed by atoms with van der Waals surface area (Å²) in [5.74, 6) is 0.788. The average molecular weight is 767 g/mol. The first kappa shape index (κ1) is 37.9. The molecule has 0 saturated heterocycles. The van der Waals surface area contributed by atoms with E-state index in [4.69, 9.17) is 14.1 Å². The van der Waals surface area contributed by atoms with E-state index in [1.165, 1.54) is 0 Å². The van der Waals surface area contributed by atoms with E-state index in [1.807, 2.05) is 80.6 Å². The van der Waals surface area contributed by atoms with Gasteiger partial charge >= 0.3 is 0 Å². The van der Waals surface area contributed by atoms with Crippen LogP contribution in [-0.2, 0) is 0 Å². The quantitative estimate of drug-likeness (QED) is 0.103. The number of carbonyl (C=O) groups is 2. The lowest BCUT2D eigenvalue weighted by atomic mass is 10.1. The first-order valence-electron chi connectivity index (χ1n) is 17.8. The second-order valence-corrected chi connectivity index (χ2v) is 12.7. The number of pyridine rings is 3. The Kier molecular flexibility index (Phi) is 11.6. The monoisotopic (exact) mass is 766 g/mol. The van der Waals surface area contributed by atoms with Crippen LogP contribution in [0.5, 0.6) is 0 Å². The summed E-state index contributed by atoms with van der Waals surface area (Å²) in [7, 11) is 0. The maximum absolute atomic E-state index is 12.5. The fraction of sp³-hybridized carbons (Fsp3) is 0.0455. The first-order valence-corrected chi connectivity index (χ1v) is 17.8. The van der Waals surface area contributed by atoms with Gasteiger partial charge in [-0.05, 0) is 110 Å². The number of nitriles is 1. The van der Waals surface area contributed by atoms with Gasteiger partial charge in [-0.1, -0.05) is 12.1 Å². The Bertz CT molecular complexity index is 2690. The maximum Gasteiger partial charge on any atom is 0.299 e. The number of aromatic nitrogens is 5. The van der Waals surface area contributed by atoms with Gasteiger partial charge < -0.3 is 30.1 Å². The van der Waals surface area contributed by atoms with Crippen LogP contribution in [0.25, 0.3) is 22.6 Å². The molecular formula is C44H34N10O4. The van der Waals surface area contributed by atoms with Crippen LogP contribution in [0.15, 0.2) is 155 Å². The van der Waals surface area contributed by atoms with Crippen molar-refractivity contribution in [3.63, 3.8) is 0 Å². The number of hydrogen-bond donors (Lipinski definition) is 4. The Hall–Kier alpha value is -8.44. The molecule has 0 radical (unpaired) electrons. The van der Waals surface area contributed by atoms with Crippen LogP contribution >= 0.6 is 0 Å². The van der Waals surface area contributed by atoms with Crippen molar-refractivity contribution in [1.82, 2.24) is 24.9 Å². The van der Waals surface area contributed by atoms with E-state index in [-0.39, 0.29) is 11.8 Å². The minimum absolute atomic E-state index is 0.202. The number of hydrogen-bond acceptors (Lipinski definition) is 12. The summed E-state index contributed by atoms with van der Waals surface area (Å²) in [6.45, 7) is 3.91. The van der Waals surface area contributed by atoms with E-state index < -0.39 is 0 Å². The van der Waals surface area contributed by atoms with Crippen LogP contribution in [-0.4, -0.2) is 36.7 Å². The topological polar surface area (TPSA) is 197 Å². The zero-order valence-corrected chi connectivity index (χ0v) is 31.2. The number of anilines is 6. The third-order valence-electron chi connectivity index (χ3n) is 8.62. The second-order valence-electron chi connectivity index (χ2n) is 12.7. The third kappa shape index (κ3) is 9.61. The summed E-state index contributed by atoms with van der Waals surface area (Å²) in [5, 5.41) is 20.9. The molecule has 0 spiro atoms. The molecule has 0 aliphatic rings. The van der Waals surface area contributed by atoms with Crippen molar-refractivity contribution in [3.8, 4) is 28.7 Å².